The average molecular weight is 593 g/mol. The van der Waals surface area contributed by atoms with Crippen LogP contribution in [0.2, 0.25) is 0 Å². The summed E-state index contributed by atoms with van der Waals surface area (Å²) >= 11 is 0. The van der Waals surface area contributed by atoms with E-state index < -0.39 is 53.6 Å². The van der Waals surface area contributed by atoms with Gasteiger partial charge >= 0.3 is 12.1 Å². The van der Waals surface area contributed by atoms with Crippen molar-refractivity contribution in [1.82, 2.24) is 9.78 Å². The lowest BCUT2D eigenvalue weighted by Crippen LogP contribution is -2.68. The lowest BCUT2D eigenvalue weighted by molar-refractivity contribution is -0.302. The number of esters is 1. The molecule has 3 fully saturated rings. The van der Waals surface area contributed by atoms with Crippen molar-refractivity contribution in [2.75, 3.05) is 6.61 Å². The Morgan fingerprint density at radius 3 is 2.52 bits per heavy atom. The summed E-state index contributed by atoms with van der Waals surface area (Å²) in [4.78, 5) is 28.5. The zero-order valence-electron chi connectivity index (χ0n) is 25.3. The first kappa shape index (κ1) is 29.6. The highest BCUT2D eigenvalue weighted by atomic mass is 19.4. The number of nitrogens with zero attached hydrogens (tertiary/aromatic N) is 2. The van der Waals surface area contributed by atoms with Gasteiger partial charge in [0.1, 0.15) is 18.2 Å². The van der Waals surface area contributed by atoms with Gasteiger partial charge in [0.05, 0.1) is 23.4 Å². The molecule has 4 aliphatic carbocycles. The number of carbonyl (C=O) groups excluding carboxylic acids is 2. The number of ketones is 1. The molecule has 42 heavy (non-hydrogen) atoms. The number of aliphatic hydroxyl groups is 1. The number of alkyl halides is 3. The van der Waals surface area contributed by atoms with E-state index in [2.05, 4.69) is 18.9 Å². The van der Waals surface area contributed by atoms with Gasteiger partial charge in [-0.2, -0.15) is 18.3 Å². The van der Waals surface area contributed by atoms with Gasteiger partial charge in [0.2, 0.25) is 0 Å². The molecule has 230 valence electrons. The van der Waals surface area contributed by atoms with Gasteiger partial charge in [-0.1, -0.05) is 32.9 Å². The van der Waals surface area contributed by atoms with Crippen molar-refractivity contribution in [3.05, 3.63) is 40.2 Å². The average Bonchev–Trinajstić information content (AvgIpc) is 3.20. The Morgan fingerprint density at radius 2 is 1.88 bits per heavy atom. The third-order valence-corrected chi connectivity index (χ3v) is 10.8. The fraction of sp³-hybridized carbons (Fsp3) is 0.710. The van der Waals surface area contributed by atoms with Gasteiger partial charge in [-0.3, -0.25) is 9.48 Å². The topological polar surface area (TPSA) is 99.9 Å². The van der Waals surface area contributed by atoms with Crippen LogP contribution < -0.4 is 0 Å². The molecule has 1 spiro atoms. The maximum absolute atomic E-state index is 14.8. The van der Waals surface area contributed by atoms with E-state index in [-0.39, 0.29) is 52.5 Å². The van der Waals surface area contributed by atoms with Crippen LogP contribution in [0.25, 0.3) is 0 Å². The Hall–Kier alpha value is -2.50. The van der Waals surface area contributed by atoms with E-state index in [1.165, 1.54) is 13.8 Å². The van der Waals surface area contributed by atoms with Crippen molar-refractivity contribution >= 4 is 11.8 Å². The first-order chi connectivity index (χ1) is 19.3. The third kappa shape index (κ3) is 3.88. The fourth-order valence-electron chi connectivity index (χ4n) is 8.78. The molecule has 11 heteroatoms. The van der Waals surface area contributed by atoms with Crippen molar-refractivity contribution in [3.8, 4) is 0 Å². The van der Waals surface area contributed by atoms with Crippen molar-refractivity contribution in [3.63, 3.8) is 0 Å². The zero-order chi connectivity index (χ0) is 30.9. The molecule has 0 radical (unpaired) electrons. The minimum Gasteiger partial charge on any atom is -0.451 e. The summed E-state index contributed by atoms with van der Waals surface area (Å²) in [6, 6.07) is 0. The van der Waals surface area contributed by atoms with Crippen LogP contribution in [0.4, 0.5) is 13.2 Å². The number of rotatable bonds is 3. The molecule has 2 saturated carbocycles. The highest BCUT2D eigenvalue weighted by Crippen LogP contribution is 2.72. The van der Waals surface area contributed by atoms with Gasteiger partial charge in [-0.15, -0.1) is 0 Å². The van der Waals surface area contributed by atoms with Gasteiger partial charge in [0, 0.05) is 5.92 Å². The molecule has 1 aromatic rings. The number of aromatic nitrogens is 2. The Bertz CT molecular complexity index is 1440. The molecule has 0 aromatic carbocycles. The van der Waals surface area contributed by atoms with Gasteiger partial charge in [-0.25, -0.2) is 4.79 Å². The van der Waals surface area contributed by atoms with Crippen molar-refractivity contribution in [2.45, 2.75) is 98.1 Å². The lowest BCUT2D eigenvalue weighted by Gasteiger charge is -2.52. The van der Waals surface area contributed by atoms with E-state index in [9.17, 15) is 27.9 Å². The first-order valence-corrected chi connectivity index (χ1v) is 14.6. The maximum Gasteiger partial charge on any atom is 0.408 e. The van der Waals surface area contributed by atoms with Crippen LogP contribution in [0.15, 0.2) is 23.3 Å². The summed E-state index contributed by atoms with van der Waals surface area (Å²) in [5.41, 5.74) is -2.39. The van der Waals surface area contributed by atoms with E-state index in [0.29, 0.717) is 17.6 Å². The SMILES string of the molecule is CC1=C[C@]23C(=O)[C@@H](C=C4COC(C)(C)O[C@H]4[C@]2(O)[C@H]1OC(=O)c1c(C)nn(CC(F)(F)F)c1C)[C@H]1[C@@H](C[C@H]3C)C1(C)C. The highest BCUT2D eigenvalue weighted by molar-refractivity contribution is 5.96. The smallest absolute Gasteiger partial charge is 0.408 e. The largest absolute Gasteiger partial charge is 0.451 e. The Labute approximate surface area is 243 Å². The van der Waals surface area contributed by atoms with Crippen LogP contribution in [-0.4, -0.2) is 63.0 Å². The number of fused-ring (bicyclic) bond motifs is 5. The predicted octanol–water partition coefficient (Wildman–Crippen LogP) is 4.85. The standard InChI is InChI=1S/C31H39F3N2O6/c1-14-11-29-15(2)9-20-22(27(20,5)6)19(23(29)37)10-18-12-40-28(7,8)42-25(18)31(29,39)24(14)41-26(38)21-16(3)35-36(17(21)4)13-30(32,33)34/h10-11,15,19-20,22,24-25,39H,9,12-13H2,1-8H3/t15-,19+,20-,22+,24+,25-,29+,31-/m1/s1. The maximum atomic E-state index is 14.8. The summed E-state index contributed by atoms with van der Waals surface area (Å²) in [5.74, 6) is -2.55. The van der Waals surface area contributed by atoms with Crippen molar-refractivity contribution < 1.29 is 42.1 Å². The molecule has 1 aliphatic heterocycles. The quantitative estimate of drug-likeness (QED) is 0.396. The number of hydrogen-bond donors (Lipinski definition) is 1. The van der Waals surface area contributed by atoms with E-state index in [1.807, 2.05) is 13.0 Å². The first-order valence-electron chi connectivity index (χ1n) is 14.6. The monoisotopic (exact) mass is 592 g/mol. The minimum absolute atomic E-state index is 0.00218. The van der Waals surface area contributed by atoms with Crippen LogP contribution in [0.1, 0.15) is 69.7 Å². The number of carbonyl (C=O) groups is 2. The number of ether oxygens (including phenoxy) is 3. The van der Waals surface area contributed by atoms with E-state index in [1.54, 1.807) is 26.8 Å². The van der Waals surface area contributed by atoms with Crippen LogP contribution in [-0.2, 0) is 25.5 Å². The summed E-state index contributed by atoms with van der Waals surface area (Å²) in [6.45, 7) is 13.1. The molecular weight excluding hydrogens is 553 g/mol. The Balaban J connectivity index is 1.47. The lowest BCUT2D eigenvalue weighted by atomic mass is 9.59. The molecular formula is C31H39F3N2O6. The number of Topliss-reactive ketones (excluding diaryl/α,β-unsaturated/α-hetero) is 1. The summed E-state index contributed by atoms with van der Waals surface area (Å²) in [6.07, 6.45) is -2.47. The second kappa shape index (κ2) is 8.79. The molecule has 1 aromatic heterocycles. The van der Waals surface area contributed by atoms with Gasteiger partial charge in [-0.05, 0) is 75.4 Å². The number of hydrogen-bond acceptors (Lipinski definition) is 7. The van der Waals surface area contributed by atoms with Crippen molar-refractivity contribution in [2.24, 2.45) is 34.5 Å². The summed E-state index contributed by atoms with van der Waals surface area (Å²) in [7, 11) is 0. The van der Waals surface area contributed by atoms with Crippen LogP contribution >= 0.6 is 0 Å². The number of aryl methyl sites for hydroxylation is 1. The Morgan fingerprint density at radius 1 is 1.21 bits per heavy atom. The molecule has 1 N–H and O–H groups in total. The van der Waals surface area contributed by atoms with Crippen LogP contribution in [0.3, 0.4) is 0 Å². The van der Waals surface area contributed by atoms with Crippen LogP contribution in [0, 0.1) is 48.3 Å². The molecule has 1 saturated heterocycles. The molecule has 0 unspecified atom stereocenters. The number of allylic oxidation sites excluding steroid dienone is 1. The molecule has 2 heterocycles. The zero-order valence-corrected chi connectivity index (χ0v) is 25.3. The van der Waals surface area contributed by atoms with Crippen LogP contribution in [0.5, 0.6) is 0 Å². The summed E-state index contributed by atoms with van der Waals surface area (Å²) < 4.78 is 58.7. The molecule has 8 nitrogen and oxygen atoms in total. The van der Waals surface area contributed by atoms with E-state index >= 15 is 0 Å². The van der Waals surface area contributed by atoms with Gasteiger partial charge in [0.25, 0.3) is 0 Å². The molecule has 5 aliphatic rings. The molecule has 8 atom stereocenters. The predicted molar refractivity (Wildman–Crippen MR) is 144 cm³/mol. The molecule has 0 amide bonds. The van der Waals surface area contributed by atoms with Gasteiger partial charge < -0.3 is 19.3 Å². The fourth-order valence-corrected chi connectivity index (χ4v) is 8.78. The minimum atomic E-state index is -4.53. The molecule has 6 rings (SSSR count). The van der Waals surface area contributed by atoms with E-state index in [0.717, 1.165) is 4.68 Å². The second-order valence-electron chi connectivity index (χ2n) is 14.1. The highest BCUT2D eigenvalue weighted by Gasteiger charge is 2.77. The Kier molecular flexibility index (Phi) is 6.18. The van der Waals surface area contributed by atoms with Crippen molar-refractivity contribution in [1.29, 1.82) is 0 Å². The normalized spacial score (nSPS) is 39.7. The third-order valence-electron chi connectivity index (χ3n) is 10.8. The van der Waals surface area contributed by atoms with E-state index in [4.69, 9.17) is 14.2 Å². The summed E-state index contributed by atoms with van der Waals surface area (Å²) in [5, 5.41) is 17.0. The number of halogens is 3. The molecule has 2 bridgehead atoms. The second-order valence-corrected chi connectivity index (χ2v) is 14.1. The van der Waals surface area contributed by atoms with Gasteiger partial charge in [0.15, 0.2) is 23.3 Å².